The molecule has 0 saturated heterocycles. The van der Waals surface area contributed by atoms with Crippen molar-refractivity contribution < 1.29 is 4.79 Å². The number of benzene rings is 1. The van der Waals surface area contributed by atoms with Crippen molar-refractivity contribution in [3.05, 3.63) is 68.9 Å². The van der Waals surface area contributed by atoms with Crippen molar-refractivity contribution in [3.8, 4) is 0 Å². The number of carbonyl (C=O) groups is 1. The van der Waals surface area contributed by atoms with Gasteiger partial charge in [0, 0.05) is 17.5 Å². The normalized spacial score (nSPS) is 10.5. The summed E-state index contributed by atoms with van der Waals surface area (Å²) in [5.74, 6) is -0.0959. The van der Waals surface area contributed by atoms with Crippen LogP contribution in [0.25, 0.3) is 0 Å². The topological polar surface area (TPSA) is 42.0 Å². The molecule has 0 aliphatic carbocycles. The van der Waals surface area contributed by atoms with Gasteiger partial charge in [0.25, 0.3) is 5.91 Å². The van der Waals surface area contributed by atoms with Crippen LogP contribution in [0.5, 0.6) is 0 Å². The van der Waals surface area contributed by atoms with Crippen molar-refractivity contribution >= 4 is 33.7 Å². The van der Waals surface area contributed by atoms with Crippen LogP contribution in [-0.4, -0.2) is 10.9 Å². The molecular formula is C16H14N2OS2. The van der Waals surface area contributed by atoms with Crippen LogP contribution in [0.4, 0.5) is 5.13 Å². The molecule has 21 heavy (non-hydrogen) atoms. The Bertz CT molecular complexity index is 747. The highest BCUT2D eigenvalue weighted by Crippen LogP contribution is 2.22. The standard InChI is InChI=1S/C16H14N2OS2/c1-11-4-2-5-12(8-11)9-13-10-17-16(21-13)18-15(19)14-6-3-7-20-14/h2-8,10H,9H2,1H3,(H,17,18,19). The molecule has 2 aromatic heterocycles. The van der Waals surface area contributed by atoms with Crippen LogP contribution in [-0.2, 0) is 6.42 Å². The first-order chi connectivity index (χ1) is 10.2. The van der Waals surface area contributed by atoms with Crippen LogP contribution in [0.15, 0.2) is 48.0 Å². The maximum Gasteiger partial charge on any atom is 0.267 e. The minimum atomic E-state index is -0.0959. The zero-order valence-electron chi connectivity index (χ0n) is 11.5. The first kappa shape index (κ1) is 14.0. The number of thiazole rings is 1. The Morgan fingerprint density at radius 2 is 2.19 bits per heavy atom. The molecule has 0 unspecified atom stereocenters. The van der Waals surface area contributed by atoms with E-state index in [-0.39, 0.29) is 5.91 Å². The van der Waals surface area contributed by atoms with Crippen molar-refractivity contribution in [2.45, 2.75) is 13.3 Å². The van der Waals surface area contributed by atoms with Gasteiger partial charge in [0.2, 0.25) is 0 Å². The second kappa shape index (κ2) is 6.20. The zero-order valence-corrected chi connectivity index (χ0v) is 13.1. The smallest absolute Gasteiger partial charge is 0.267 e. The molecule has 1 N–H and O–H groups in total. The average Bonchev–Trinajstić information content (AvgIpc) is 3.10. The van der Waals surface area contributed by atoms with Crippen LogP contribution >= 0.6 is 22.7 Å². The SMILES string of the molecule is Cc1cccc(Cc2cnc(NC(=O)c3cccs3)s2)c1. The van der Waals surface area contributed by atoms with Gasteiger partial charge in [0.05, 0.1) is 4.88 Å². The minimum absolute atomic E-state index is 0.0959. The lowest BCUT2D eigenvalue weighted by molar-refractivity contribution is 0.103. The summed E-state index contributed by atoms with van der Waals surface area (Å²) < 4.78 is 0. The Hall–Kier alpha value is -1.98. The van der Waals surface area contributed by atoms with Gasteiger partial charge in [-0.1, -0.05) is 35.9 Å². The summed E-state index contributed by atoms with van der Waals surface area (Å²) in [6.07, 6.45) is 2.67. The molecule has 106 valence electrons. The fourth-order valence-electron chi connectivity index (χ4n) is 2.04. The quantitative estimate of drug-likeness (QED) is 0.777. The number of hydrogen-bond donors (Lipinski definition) is 1. The van der Waals surface area contributed by atoms with E-state index in [9.17, 15) is 4.79 Å². The number of amides is 1. The number of anilines is 1. The van der Waals surface area contributed by atoms with Gasteiger partial charge in [0.1, 0.15) is 0 Å². The Morgan fingerprint density at radius 3 is 2.95 bits per heavy atom. The van der Waals surface area contributed by atoms with E-state index in [4.69, 9.17) is 0 Å². The summed E-state index contributed by atoms with van der Waals surface area (Å²) in [5, 5.41) is 5.38. The summed E-state index contributed by atoms with van der Waals surface area (Å²) >= 11 is 2.95. The lowest BCUT2D eigenvalue weighted by atomic mass is 10.1. The molecule has 3 rings (SSSR count). The molecule has 0 atom stereocenters. The predicted octanol–water partition coefficient (Wildman–Crippen LogP) is 4.36. The molecule has 5 heteroatoms. The molecule has 1 amide bonds. The highest BCUT2D eigenvalue weighted by Gasteiger charge is 2.10. The van der Waals surface area contributed by atoms with Gasteiger partial charge in [-0.05, 0) is 23.9 Å². The third kappa shape index (κ3) is 3.56. The second-order valence-corrected chi connectivity index (χ2v) is 6.79. The molecular weight excluding hydrogens is 300 g/mol. The summed E-state index contributed by atoms with van der Waals surface area (Å²) in [4.78, 5) is 18.1. The van der Waals surface area contributed by atoms with Gasteiger partial charge in [-0.25, -0.2) is 4.98 Å². The van der Waals surface area contributed by atoms with Crippen molar-refractivity contribution in [1.82, 2.24) is 4.98 Å². The minimum Gasteiger partial charge on any atom is -0.297 e. The highest BCUT2D eigenvalue weighted by atomic mass is 32.1. The summed E-state index contributed by atoms with van der Waals surface area (Å²) in [5.41, 5.74) is 2.51. The lowest BCUT2D eigenvalue weighted by Gasteiger charge is -2.00. The summed E-state index contributed by atoms with van der Waals surface area (Å²) in [6, 6.07) is 12.1. The van der Waals surface area contributed by atoms with Crippen LogP contribution < -0.4 is 5.32 Å². The van der Waals surface area contributed by atoms with Crippen molar-refractivity contribution in [1.29, 1.82) is 0 Å². The third-order valence-electron chi connectivity index (χ3n) is 2.98. The van der Waals surface area contributed by atoms with Gasteiger partial charge in [0.15, 0.2) is 5.13 Å². The number of nitrogens with one attached hydrogen (secondary N) is 1. The first-order valence-corrected chi connectivity index (χ1v) is 8.25. The monoisotopic (exact) mass is 314 g/mol. The third-order valence-corrected chi connectivity index (χ3v) is 4.76. The fraction of sp³-hybridized carbons (Fsp3) is 0.125. The van der Waals surface area contributed by atoms with E-state index in [1.54, 1.807) is 6.07 Å². The van der Waals surface area contributed by atoms with Crippen molar-refractivity contribution in [2.24, 2.45) is 0 Å². The van der Waals surface area contributed by atoms with E-state index in [0.717, 1.165) is 11.3 Å². The predicted molar refractivity (Wildman–Crippen MR) is 88.4 cm³/mol. The molecule has 2 heterocycles. The van der Waals surface area contributed by atoms with E-state index in [2.05, 4.69) is 41.5 Å². The van der Waals surface area contributed by atoms with Gasteiger partial charge in [-0.2, -0.15) is 0 Å². The molecule has 0 radical (unpaired) electrons. The number of nitrogens with zero attached hydrogens (tertiary/aromatic N) is 1. The van der Waals surface area contributed by atoms with Gasteiger partial charge in [-0.3, -0.25) is 10.1 Å². The molecule has 0 fully saturated rings. The van der Waals surface area contributed by atoms with E-state index >= 15 is 0 Å². The first-order valence-electron chi connectivity index (χ1n) is 6.56. The number of aromatic nitrogens is 1. The van der Waals surface area contributed by atoms with E-state index in [0.29, 0.717) is 10.0 Å². The van der Waals surface area contributed by atoms with Crippen LogP contribution in [0.2, 0.25) is 0 Å². The Morgan fingerprint density at radius 1 is 1.29 bits per heavy atom. The summed E-state index contributed by atoms with van der Waals surface area (Å²) in [6.45, 7) is 2.09. The van der Waals surface area contributed by atoms with Gasteiger partial charge < -0.3 is 0 Å². The van der Waals surface area contributed by atoms with Gasteiger partial charge >= 0.3 is 0 Å². The Balaban J connectivity index is 1.68. The number of thiophene rings is 1. The fourth-order valence-corrected chi connectivity index (χ4v) is 3.50. The van der Waals surface area contributed by atoms with E-state index in [1.807, 2.05) is 17.6 Å². The number of hydrogen-bond acceptors (Lipinski definition) is 4. The molecule has 3 nitrogen and oxygen atoms in total. The van der Waals surface area contributed by atoms with Crippen LogP contribution in [0, 0.1) is 6.92 Å². The molecule has 0 bridgehead atoms. The summed E-state index contributed by atoms with van der Waals surface area (Å²) in [7, 11) is 0. The Labute approximate surface area is 131 Å². The molecule has 0 saturated carbocycles. The van der Waals surface area contributed by atoms with E-state index < -0.39 is 0 Å². The number of aryl methyl sites for hydroxylation is 1. The number of rotatable bonds is 4. The molecule has 0 spiro atoms. The second-order valence-electron chi connectivity index (χ2n) is 4.73. The van der Waals surface area contributed by atoms with Crippen LogP contribution in [0.3, 0.4) is 0 Å². The Kier molecular flexibility index (Phi) is 4.13. The van der Waals surface area contributed by atoms with Crippen LogP contribution in [0.1, 0.15) is 25.7 Å². The molecule has 0 aliphatic rings. The van der Waals surface area contributed by atoms with Gasteiger partial charge in [-0.15, -0.1) is 22.7 Å². The maximum absolute atomic E-state index is 12.0. The maximum atomic E-state index is 12.0. The van der Waals surface area contributed by atoms with Crippen molar-refractivity contribution in [2.75, 3.05) is 5.32 Å². The van der Waals surface area contributed by atoms with E-state index in [1.165, 1.54) is 33.8 Å². The average molecular weight is 314 g/mol. The number of carbonyl (C=O) groups excluding carboxylic acids is 1. The zero-order chi connectivity index (χ0) is 14.7. The molecule has 3 aromatic rings. The largest absolute Gasteiger partial charge is 0.297 e. The lowest BCUT2D eigenvalue weighted by Crippen LogP contribution is -2.09. The molecule has 1 aromatic carbocycles. The van der Waals surface area contributed by atoms with Crippen molar-refractivity contribution in [3.63, 3.8) is 0 Å². The highest BCUT2D eigenvalue weighted by molar-refractivity contribution is 7.16. The molecule has 0 aliphatic heterocycles.